The van der Waals surface area contributed by atoms with Gasteiger partial charge in [-0.3, -0.25) is 9.59 Å². The van der Waals surface area contributed by atoms with E-state index in [0.29, 0.717) is 34.3 Å². The van der Waals surface area contributed by atoms with Crippen molar-refractivity contribution < 1.29 is 9.59 Å². The fourth-order valence-electron chi connectivity index (χ4n) is 2.92. The summed E-state index contributed by atoms with van der Waals surface area (Å²) in [6, 6.07) is 14.1. The van der Waals surface area contributed by atoms with Gasteiger partial charge in [0.25, 0.3) is 11.8 Å². The number of amides is 2. The van der Waals surface area contributed by atoms with Crippen molar-refractivity contribution >= 4 is 35.0 Å². The van der Waals surface area contributed by atoms with Gasteiger partial charge in [0.2, 0.25) is 0 Å². The number of carbonyl (C=O) groups excluding carboxylic acids is 2. The van der Waals surface area contributed by atoms with E-state index in [1.54, 1.807) is 35.2 Å². The maximum Gasteiger partial charge on any atom is 0.255 e. The van der Waals surface area contributed by atoms with Crippen LogP contribution in [-0.2, 0) is 0 Å². The molecule has 0 radical (unpaired) electrons. The lowest BCUT2D eigenvalue weighted by Gasteiger charge is -2.32. The van der Waals surface area contributed by atoms with Gasteiger partial charge in [-0.15, -0.1) is 0 Å². The van der Waals surface area contributed by atoms with Crippen LogP contribution in [0.4, 0.5) is 0 Å². The Hall–Kier alpha value is -2.04. The van der Waals surface area contributed by atoms with E-state index in [0.717, 1.165) is 12.8 Å². The summed E-state index contributed by atoms with van der Waals surface area (Å²) in [6.07, 6.45) is 1.44. The maximum absolute atomic E-state index is 12.6. The predicted octanol–water partition coefficient (Wildman–Crippen LogP) is 4.03. The molecule has 1 heterocycles. The second-order valence-corrected chi connectivity index (χ2v) is 6.87. The molecule has 130 valence electrons. The van der Waals surface area contributed by atoms with E-state index < -0.39 is 0 Å². The first-order chi connectivity index (χ1) is 12.0. The van der Waals surface area contributed by atoms with Gasteiger partial charge in [0.1, 0.15) is 0 Å². The molecule has 1 aliphatic rings. The van der Waals surface area contributed by atoms with Crippen molar-refractivity contribution in [1.82, 2.24) is 10.2 Å². The monoisotopic (exact) mass is 376 g/mol. The third-order valence-corrected chi connectivity index (χ3v) is 4.86. The summed E-state index contributed by atoms with van der Waals surface area (Å²) in [5.41, 5.74) is 1.10. The van der Waals surface area contributed by atoms with Crippen molar-refractivity contribution in [1.29, 1.82) is 0 Å². The first-order valence-corrected chi connectivity index (χ1v) is 8.90. The van der Waals surface area contributed by atoms with E-state index in [2.05, 4.69) is 5.32 Å². The Labute approximate surface area is 156 Å². The molecule has 1 saturated heterocycles. The van der Waals surface area contributed by atoms with Gasteiger partial charge in [-0.2, -0.15) is 0 Å². The highest BCUT2D eigenvalue weighted by molar-refractivity contribution is 6.36. The van der Waals surface area contributed by atoms with Gasteiger partial charge < -0.3 is 10.2 Å². The number of nitrogens with zero attached hydrogens (tertiary/aromatic N) is 1. The Kier molecular flexibility index (Phi) is 5.61. The second-order valence-electron chi connectivity index (χ2n) is 6.03. The smallest absolute Gasteiger partial charge is 0.255 e. The lowest BCUT2D eigenvalue weighted by atomic mass is 10.0. The summed E-state index contributed by atoms with van der Waals surface area (Å²) in [4.78, 5) is 26.6. The highest BCUT2D eigenvalue weighted by Crippen LogP contribution is 2.23. The predicted molar refractivity (Wildman–Crippen MR) is 99.3 cm³/mol. The molecular formula is C19H18Cl2N2O2. The highest BCUT2D eigenvalue weighted by atomic mass is 35.5. The Bertz CT molecular complexity index is 772. The van der Waals surface area contributed by atoms with E-state index in [1.165, 1.54) is 0 Å². The average Bonchev–Trinajstić information content (AvgIpc) is 2.62. The molecule has 4 nitrogen and oxygen atoms in total. The maximum atomic E-state index is 12.6. The van der Waals surface area contributed by atoms with Crippen molar-refractivity contribution in [3.63, 3.8) is 0 Å². The fourth-order valence-corrected chi connectivity index (χ4v) is 3.41. The molecule has 0 spiro atoms. The van der Waals surface area contributed by atoms with Crippen LogP contribution in [0.3, 0.4) is 0 Å². The van der Waals surface area contributed by atoms with Gasteiger partial charge in [-0.25, -0.2) is 0 Å². The van der Waals surface area contributed by atoms with Crippen LogP contribution in [0.15, 0.2) is 48.5 Å². The zero-order valence-electron chi connectivity index (χ0n) is 13.5. The number of piperidine rings is 1. The van der Waals surface area contributed by atoms with Gasteiger partial charge in [0, 0.05) is 29.7 Å². The molecule has 0 unspecified atom stereocenters. The van der Waals surface area contributed by atoms with Crippen molar-refractivity contribution in [2.45, 2.75) is 18.9 Å². The highest BCUT2D eigenvalue weighted by Gasteiger charge is 2.25. The summed E-state index contributed by atoms with van der Waals surface area (Å²) in [7, 11) is 0. The van der Waals surface area contributed by atoms with Crippen LogP contribution in [0.2, 0.25) is 10.0 Å². The van der Waals surface area contributed by atoms with Crippen LogP contribution in [0.25, 0.3) is 0 Å². The minimum Gasteiger partial charge on any atom is -0.349 e. The minimum atomic E-state index is -0.102. The summed E-state index contributed by atoms with van der Waals surface area (Å²) in [5, 5.41) is 3.89. The number of benzene rings is 2. The summed E-state index contributed by atoms with van der Waals surface area (Å²) >= 11 is 12.0. The molecule has 1 fully saturated rings. The molecule has 0 bridgehead atoms. The molecular weight excluding hydrogens is 359 g/mol. The third kappa shape index (κ3) is 4.33. The van der Waals surface area contributed by atoms with Crippen LogP contribution >= 0.6 is 23.2 Å². The SMILES string of the molecule is O=C(NC1CCN(C(=O)c2ccc(Cl)cc2Cl)CC1)c1ccccc1. The third-order valence-electron chi connectivity index (χ3n) is 4.31. The molecule has 0 atom stereocenters. The lowest BCUT2D eigenvalue weighted by Crippen LogP contribution is -2.46. The van der Waals surface area contributed by atoms with Crippen molar-refractivity contribution in [3.05, 3.63) is 69.7 Å². The largest absolute Gasteiger partial charge is 0.349 e. The van der Waals surface area contributed by atoms with E-state index in [9.17, 15) is 9.59 Å². The molecule has 2 aromatic carbocycles. The van der Waals surface area contributed by atoms with Gasteiger partial charge in [-0.05, 0) is 43.2 Å². The van der Waals surface area contributed by atoms with Crippen molar-refractivity contribution in [2.24, 2.45) is 0 Å². The number of likely N-dealkylation sites (tertiary alicyclic amines) is 1. The molecule has 1 aliphatic heterocycles. The molecule has 2 amide bonds. The number of carbonyl (C=O) groups is 2. The number of rotatable bonds is 3. The first-order valence-electron chi connectivity index (χ1n) is 8.15. The van der Waals surface area contributed by atoms with Crippen LogP contribution in [-0.4, -0.2) is 35.8 Å². The van der Waals surface area contributed by atoms with E-state index in [1.807, 2.05) is 18.2 Å². The molecule has 0 saturated carbocycles. The molecule has 0 aromatic heterocycles. The number of nitrogens with one attached hydrogen (secondary N) is 1. The van der Waals surface area contributed by atoms with E-state index >= 15 is 0 Å². The van der Waals surface area contributed by atoms with Crippen molar-refractivity contribution in [2.75, 3.05) is 13.1 Å². The molecule has 1 N–H and O–H groups in total. The van der Waals surface area contributed by atoms with Crippen LogP contribution < -0.4 is 5.32 Å². The summed E-state index contributed by atoms with van der Waals surface area (Å²) in [6.45, 7) is 1.16. The number of hydrogen-bond acceptors (Lipinski definition) is 2. The van der Waals surface area contributed by atoms with E-state index in [-0.39, 0.29) is 17.9 Å². The topological polar surface area (TPSA) is 49.4 Å². The molecule has 2 aromatic rings. The second kappa shape index (κ2) is 7.89. The normalized spacial score (nSPS) is 15.0. The molecule has 6 heteroatoms. The Morgan fingerprint density at radius 1 is 1.00 bits per heavy atom. The number of hydrogen-bond donors (Lipinski definition) is 1. The van der Waals surface area contributed by atoms with Gasteiger partial charge in [0.05, 0.1) is 10.6 Å². The van der Waals surface area contributed by atoms with Gasteiger partial charge in [-0.1, -0.05) is 41.4 Å². The number of halogens is 2. The summed E-state index contributed by atoms with van der Waals surface area (Å²) in [5.74, 6) is -0.180. The first kappa shape index (κ1) is 17.8. The zero-order valence-corrected chi connectivity index (χ0v) is 15.1. The summed E-state index contributed by atoms with van der Waals surface area (Å²) < 4.78 is 0. The molecule has 25 heavy (non-hydrogen) atoms. The Morgan fingerprint density at radius 2 is 1.68 bits per heavy atom. The standard InChI is InChI=1S/C19H18Cl2N2O2/c20-14-6-7-16(17(21)12-14)19(25)23-10-8-15(9-11-23)22-18(24)13-4-2-1-3-5-13/h1-7,12,15H,8-11H2,(H,22,24). The van der Waals surface area contributed by atoms with Gasteiger partial charge >= 0.3 is 0 Å². The molecule has 3 rings (SSSR count). The van der Waals surface area contributed by atoms with Crippen molar-refractivity contribution in [3.8, 4) is 0 Å². The average molecular weight is 377 g/mol. The lowest BCUT2D eigenvalue weighted by molar-refractivity contribution is 0.0698. The quantitative estimate of drug-likeness (QED) is 0.878. The molecule has 0 aliphatic carbocycles. The van der Waals surface area contributed by atoms with Crippen LogP contribution in [0.5, 0.6) is 0 Å². The van der Waals surface area contributed by atoms with Gasteiger partial charge in [0.15, 0.2) is 0 Å². The fraction of sp³-hybridized carbons (Fsp3) is 0.263. The van der Waals surface area contributed by atoms with Crippen LogP contribution in [0, 0.1) is 0 Å². The Morgan fingerprint density at radius 3 is 2.32 bits per heavy atom. The zero-order chi connectivity index (χ0) is 17.8. The Balaban J connectivity index is 1.56. The van der Waals surface area contributed by atoms with E-state index in [4.69, 9.17) is 23.2 Å². The van der Waals surface area contributed by atoms with Crippen LogP contribution in [0.1, 0.15) is 33.6 Å². The minimum absolute atomic E-state index is 0.0671.